The number of hydrogen-bond donors (Lipinski definition) is 2. The number of amides is 1. The van der Waals surface area contributed by atoms with Gasteiger partial charge in [0.2, 0.25) is 5.91 Å². The number of rotatable bonds is 10. The van der Waals surface area contributed by atoms with Gasteiger partial charge in [-0.15, -0.1) is 0 Å². The van der Waals surface area contributed by atoms with Crippen LogP contribution >= 0.6 is 0 Å². The molecule has 0 spiro atoms. The molecule has 0 unspecified atom stereocenters. The van der Waals surface area contributed by atoms with Crippen LogP contribution in [0.4, 0.5) is 11.4 Å². The molecule has 26 heavy (non-hydrogen) atoms. The third-order valence-corrected chi connectivity index (χ3v) is 3.31. The minimum absolute atomic E-state index is 0.127. The summed E-state index contributed by atoms with van der Waals surface area (Å²) in [7, 11) is 0. The van der Waals surface area contributed by atoms with Crippen molar-refractivity contribution < 1.29 is 14.3 Å². The van der Waals surface area contributed by atoms with Crippen molar-refractivity contribution in [3.8, 4) is 11.5 Å². The normalized spacial score (nSPS) is 9.88. The second-order valence-corrected chi connectivity index (χ2v) is 5.77. The molecular formula is C21H24N2O3. The zero-order valence-corrected chi connectivity index (χ0v) is 15.0. The highest BCUT2D eigenvalue weighted by Gasteiger charge is 2.06. The SMILES string of the molecule is C=CCOc1ccc(NC(=O)CNc2ccccc2OCC(=C)C)cc1. The molecule has 0 atom stereocenters. The molecule has 2 N–H and O–H groups in total. The first-order chi connectivity index (χ1) is 12.6. The zero-order valence-electron chi connectivity index (χ0n) is 15.0. The lowest BCUT2D eigenvalue weighted by Crippen LogP contribution is -2.22. The Kier molecular flexibility index (Phi) is 7.31. The fourth-order valence-electron chi connectivity index (χ4n) is 2.11. The minimum Gasteiger partial charge on any atom is -0.490 e. The number of carbonyl (C=O) groups excluding carboxylic acids is 1. The summed E-state index contributed by atoms with van der Waals surface area (Å²) in [4.78, 5) is 12.1. The molecule has 5 nitrogen and oxygen atoms in total. The Labute approximate surface area is 154 Å². The molecule has 2 aromatic carbocycles. The van der Waals surface area contributed by atoms with Crippen molar-refractivity contribution in [3.63, 3.8) is 0 Å². The van der Waals surface area contributed by atoms with E-state index in [0.717, 1.165) is 17.0 Å². The smallest absolute Gasteiger partial charge is 0.243 e. The predicted molar refractivity (Wildman–Crippen MR) is 106 cm³/mol. The van der Waals surface area contributed by atoms with Gasteiger partial charge in [0, 0.05) is 5.69 Å². The molecule has 1 amide bonds. The van der Waals surface area contributed by atoms with E-state index in [9.17, 15) is 4.79 Å². The lowest BCUT2D eigenvalue weighted by molar-refractivity contribution is -0.114. The monoisotopic (exact) mass is 352 g/mol. The number of benzene rings is 2. The van der Waals surface area contributed by atoms with Gasteiger partial charge >= 0.3 is 0 Å². The van der Waals surface area contributed by atoms with Crippen LogP contribution in [0.5, 0.6) is 11.5 Å². The molecule has 0 aliphatic heterocycles. The van der Waals surface area contributed by atoms with Gasteiger partial charge in [0.25, 0.3) is 0 Å². The molecule has 0 aliphatic rings. The maximum absolute atomic E-state index is 12.1. The van der Waals surface area contributed by atoms with Gasteiger partial charge in [0.15, 0.2) is 0 Å². The molecule has 0 fully saturated rings. The molecule has 0 aliphatic carbocycles. The molecule has 0 bridgehead atoms. The van der Waals surface area contributed by atoms with Gasteiger partial charge in [0.05, 0.1) is 12.2 Å². The highest BCUT2D eigenvalue weighted by Crippen LogP contribution is 2.24. The van der Waals surface area contributed by atoms with Crippen LogP contribution in [0.1, 0.15) is 6.92 Å². The Morgan fingerprint density at radius 2 is 1.85 bits per heavy atom. The maximum atomic E-state index is 12.1. The van der Waals surface area contributed by atoms with Gasteiger partial charge in [-0.05, 0) is 48.9 Å². The summed E-state index contributed by atoms with van der Waals surface area (Å²) in [5, 5.41) is 5.93. The largest absolute Gasteiger partial charge is 0.490 e. The van der Waals surface area contributed by atoms with Gasteiger partial charge in [-0.25, -0.2) is 0 Å². The molecule has 2 aromatic rings. The van der Waals surface area contributed by atoms with Gasteiger partial charge in [0.1, 0.15) is 24.7 Å². The third-order valence-electron chi connectivity index (χ3n) is 3.31. The topological polar surface area (TPSA) is 59.6 Å². The Hall–Kier alpha value is -3.21. The fourth-order valence-corrected chi connectivity index (χ4v) is 2.11. The van der Waals surface area contributed by atoms with E-state index < -0.39 is 0 Å². The molecule has 2 rings (SSSR count). The predicted octanol–water partition coefficient (Wildman–Crippen LogP) is 4.26. The highest BCUT2D eigenvalue weighted by atomic mass is 16.5. The van der Waals surface area contributed by atoms with Crippen molar-refractivity contribution in [1.29, 1.82) is 0 Å². The van der Waals surface area contributed by atoms with Crippen molar-refractivity contribution in [2.75, 3.05) is 30.4 Å². The zero-order chi connectivity index (χ0) is 18.8. The van der Waals surface area contributed by atoms with Crippen LogP contribution in [0.15, 0.2) is 73.3 Å². The summed E-state index contributed by atoms with van der Waals surface area (Å²) < 4.78 is 11.1. The third kappa shape index (κ3) is 6.36. The number of ether oxygens (including phenoxy) is 2. The lowest BCUT2D eigenvalue weighted by Gasteiger charge is -2.13. The molecule has 0 aromatic heterocycles. The van der Waals surface area contributed by atoms with Crippen LogP contribution in [0.2, 0.25) is 0 Å². The van der Waals surface area contributed by atoms with Gasteiger partial charge in [-0.1, -0.05) is 31.4 Å². The highest BCUT2D eigenvalue weighted by molar-refractivity contribution is 5.94. The molecule has 0 saturated heterocycles. The number of anilines is 2. The summed E-state index contributed by atoms with van der Waals surface area (Å²) >= 11 is 0. The van der Waals surface area contributed by atoms with Crippen LogP contribution in [0, 0.1) is 0 Å². The van der Waals surface area contributed by atoms with Crippen molar-refractivity contribution in [3.05, 3.63) is 73.3 Å². The number of carbonyl (C=O) groups is 1. The molecule has 136 valence electrons. The molecule has 5 heteroatoms. The molecular weight excluding hydrogens is 328 g/mol. The first-order valence-corrected chi connectivity index (χ1v) is 8.32. The average Bonchev–Trinajstić information content (AvgIpc) is 2.64. The lowest BCUT2D eigenvalue weighted by atomic mass is 10.2. The molecule has 0 saturated carbocycles. The van der Waals surface area contributed by atoms with Crippen LogP contribution in [-0.4, -0.2) is 25.7 Å². The standard InChI is InChI=1S/C21H24N2O3/c1-4-13-25-18-11-9-17(10-12-18)23-21(24)14-22-19-7-5-6-8-20(19)26-15-16(2)3/h4-12,22H,1-2,13-15H2,3H3,(H,23,24). The van der Waals surface area contributed by atoms with Gasteiger partial charge in [-0.2, -0.15) is 0 Å². The Bertz CT molecular complexity index is 754. The minimum atomic E-state index is -0.153. The van der Waals surface area contributed by atoms with Crippen molar-refractivity contribution in [1.82, 2.24) is 0 Å². The van der Waals surface area contributed by atoms with E-state index in [1.807, 2.05) is 31.2 Å². The number of hydrogen-bond acceptors (Lipinski definition) is 4. The van der Waals surface area contributed by atoms with Crippen LogP contribution < -0.4 is 20.1 Å². The maximum Gasteiger partial charge on any atom is 0.243 e. The van der Waals surface area contributed by atoms with E-state index in [-0.39, 0.29) is 12.5 Å². The average molecular weight is 352 g/mol. The number of para-hydroxylation sites is 2. The first kappa shape index (κ1) is 19.1. The summed E-state index contributed by atoms with van der Waals surface area (Å²) in [6.45, 7) is 10.3. The van der Waals surface area contributed by atoms with E-state index in [4.69, 9.17) is 9.47 Å². The van der Waals surface area contributed by atoms with Crippen LogP contribution in [0.25, 0.3) is 0 Å². The molecule has 0 heterocycles. The number of nitrogens with one attached hydrogen (secondary N) is 2. The van der Waals surface area contributed by atoms with E-state index in [0.29, 0.717) is 24.7 Å². The van der Waals surface area contributed by atoms with Crippen molar-refractivity contribution in [2.24, 2.45) is 0 Å². The summed E-state index contributed by atoms with van der Waals surface area (Å²) in [6.07, 6.45) is 1.68. The molecule has 0 radical (unpaired) electrons. The summed E-state index contributed by atoms with van der Waals surface area (Å²) in [5.74, 6) is 1.26. The van der Waals surface area contributed by atoms with Gasteiger partial charge in [-0.3, -0.25) is 4.79 Å². The Morgan fingerprint density at radius 1 is 1.12 bits per heavy atom. The van der Waals surface area contributed by atoms with Crippen molar-refractivity contribution in [2.45, 2.75) is 6.92 Å². The van der Waals surface area contributed by atoms with E-state index in [1.54, 1.807) is 30.3 Å². The van der Waals surface area contributed by atoms with Crippen molar-refractivity contribution >= 4 is 17.3 Å². The van der Waals surface area contributed by atoms with Gasteiger partial charge < -0.3 is 20.1 Å². The second kappa shape index (κ2) is 9.93. The summed E-state index contributed by atoms with van der Waals surface area (Å²) in [6, 6.07) is 14.7. The van der Waals surface area contributed by atoms with Crippen LogP contribution in [-0.2, 0) is 4.79 Å². The van der Waals surface area contributed by atoms with E-state index in [1.165, 1.54) is 0 Å². The fraction of sp³-hybridized carbons (Fsp3) is 0.190. The second-order valence-electron chi connectivity index (χ2n) is 5.77. The Balaban J connectivity index is 1.87. The van der Waals surface area contributed by atoms with E-state index >= 15 is 0 Å². The van der Waals surface area contributed by atoms with Crippen LogP contribution in [0.3, 0.4) is 0 Å². The van der Waals surface area contributed by atoms with E-state index in [2.05, 4.69) is 23.8 Å². The quantitative estimate of drug-likeness (QED) is 0.627. The first-order valence-electron chi connectivity index (χ1n) is 8.32. The Morgan fingerprint density at radius 3 is 2.54 bits per heavy atom. The summed E-state index contributed by atoms with van der Waals surface area (Å²) in [5.41, 5.74) is 2.39.